The first-order valence-electron chi connectivity index (χ1n) is 7.79. The fourth-order valence-corrected chi connectivity index (χ4v) is 2.95. The van der Waals surface area contributed by atoms with E-state index in [2.05, 4.69) is 9.97 Å². The predicted octanol–water partition coefficient (Wildman–Crippen LogP) is 1.60. The van der Waals surface area contributed by atoms with Gasteiger partial charge in [-0.3, -0.25) is 4.79 Å². The molecule has 2 heterocycles. The lowest BCUT2D eigenvalue weighted by Crippen LogP contribution is -2.26. The minimum absolute atomic E-state index is 0.0142. The van der Waals surface area contributed by atoms with Crippen LogP contribution in [-0.4, -0.2) is 36.1 Å². The van der Waals surface area contributed by atoms with Crippen molar-refractivity contribution in [3.63, 3.8) is 0 Å². The van der Waals surface area contributed by atoms with Crippen LogP contribution in [0, 0.1) is 0 Å². The zero-order chi connectivity index (χ0) is 18.1. The summed E-state index contributed by atoms with van der Waals surface area (Å²) < 4.78 is 16.7. The number of carbonyl (C=O) groups is 1. The van der Waals surface area contributed by atoms with E-state index >= 15 is 0 Å². The van der Waals surface area contributed by atoms with Crippen LogP contribution < -0.4 is 25.7 Å². The summed E-state index contributed by atoms with van der Waals surface area (Å²) in [4.78, 5) is 20.6. The summed E-state index contributed by atoms with van der Waals surface area (Å²) in [6.07, 6.45) is 1.96. The van der Waals surface area contributed by atoms with Gasteiger partial charge in [-0.25, -0.2) is 4.98 Å². The largest absolute Gasteiger partial charge is 0.493 e. The van der Waals surface area contributed by atoms with Crippen LogP contribution >= 0.6 is 0 Å². The van der Waals surface area contributed by atoms with E-state index in [4.69, 9.17) is 25.7 Å². The zero-order valence-corrected chi connectivity index (χ0v) is 14.3. The van der Waals surface area contributed by atoms with Crippen molar-refractivity contribution < 1.29 is 19.0 Å². The monoisotopic (exact) mass is 344 g/mol. The number of anilines is 2. The highest BCUT2D eigenvalue weighted by Gasteiger charge is 2.32. The Morgan fingerprint density at radius 1 is 1.28 bits per heavy atom. The van der Waals surface area contributed by atoms with E-state index in [-0.39, 0.29) is 23.7 Å². The van der Waals surface area contributed by atoms with Gasteiger partial charge in [-0.15, -0.1) is 0 Å². The van der Waals surface area contributed by atoms with Crippen LogP contribution in [0.3, 0.4) is 0 Å². The highest BCUT2D eigenvalue weighted by atomic mass is 16.5. The van der Waals surface area contributed by atoms with Crippen LogP contribution in [0.2, 0.25) is 0 Å². The summed E-state index contributed by atoms with van der Waals surface area (Å²) in [5, 5.41) is 0. The lowest BCUT2D eigenvalue weighted by atomic mass is 9.92. The molecule has 0 saturated heterocycles. The number of benzene rings is 1. The number of hydrogen-bond donors (Lipinski definition) is 2. The van der Waals surface area contributed by atoms with Crippen molar-refractivity contribution in [2.45, 2.75) is 25.9 Å². The molecule has 4 N–H and O–H groups in total. The van der Waals surface area contributed by atoms with Crippen LogP contribution in [0.1, 0.15) is 34.8 Å². The molecule has 0 bridgehead atoms. The Hall–Kier alpha value is -3.03. The maximum atomic E-state index is 12.7. The first-order valence-corrected chi connectivity index (χ1v) is 7.79. The molecule has 25 heavy (non-hydrogen) atoms. The van der Waals surface area contributed by atoms with Crippen LogP contribution in [0.15, 0.2) is 12.3 Å². The molecule has 1 unspecified atom stereocenters. The number of Topliss-reactive ketones (excluding diaryl/α,β-unsaturated/α-hetero) is 1. The molecule has 0 saturated carbocycles. The number of nitrogens with zero attached hydrogens (tertiary/aromatic N) is 2. The maximum Gasteiger partial charge on any atom is 0.221 e. The van der Waals surface area contributed by atoms with Crippen molar-refractivity contribution >= 4 is 17.5 Å². The van der Waals surface area contributed by atoms with Crippen molar-refractivity contribution in [1.82, 2.24) is 9.97 Å². The number of rotatable bonds is 4. The van der Waals surface area contributed by atoms with Crippen LogP contribution in [0.4, 0.5) is 11.8 Å². The molecule has 1 aliphatic heterocycles. The summed E-state index contributed by atoms with van der Waals surface area (Å²) in [5.74, 6) is 1.64. The number of aromatic nitrogens is 2. The Balaban J connectivity index is 2.16. The second-order valence-corrected chi connectivity index (χ2v) is 5.85. The molecule has 0 amide bonds. The van der Waals surface area contributed by atoms with E-state index < -0.39 is 0 Å². The van der Waals surface area contributed by atoms with E-state index in [1.807, 2.05) is 6.92 Å². The van der Waals surface area contributed by atoms with Gasteiger partial charge in [0.2, 0.25) is 11.7 Å². The fourth-order valence-electron chi connectivity index (χ4n) is 2.95. The smallest absolute Gasteiger partial charge is 0.221 e. The molecule has 3 rings (SSSR count). The van der Waals surface area contributed by atoms with Gasteiger partial charge < -0.3 is 25.7 Å². The first kappa shape index (κ1) is 16.8. The summed E-state index contributed by atoms with van der Waals surface area (Å²) >= 11 is 0. The highest BCUT2D eigenvalue weighted by molar-refractivity contribution is 6.02. The SMILES string of the molecule is COc1cc(Cc2cnc(N)nc2N)c2c(c1OC)OC(C)CC2=O. The number of ether oxygens (including phenoxy) is 3. The lowest BCUT2D eigenvalue weighted by molar-refractivity contribution is 0.0862. The third-order valence-electron chi connectivity index (χ3n) is 4.08. The summed E-state index contributed by atoms with van der Waals surface area (Å²) in [6.45, 7) is 1.84. The van der Waals surface area contributed by atoms with Crippen molar-refractivity contribution in [1.29, 1.82) is 0 Å². The minimum Gasteiger partial charge on any atom is -0.493 e. The molecule has 132 valence electrons. The predicted molar refractivity (Wildman–Crippen MR) is 92.2 cm³/mol. The molecule has 0 radical (unpaired) electrons. The number of methoxy groups -OCH3 is 2. The Morgan fingerprint density at radius 2 is 2.04 bits per heavy atom. The van der Waals surface area contributed by atoms with E-state index in [9.17, 15) is 4.79 Å². The number of hydrogen-bond acceptors (Lipinski definition) is 8. The van der Waals surface area contributed by atoms with Crippen molar-refractivity contribution in [3.8, 4) is 17.2 Å². The van der Waals surface area contributed by atoms with E-state index in [1.54, 1.807) is 12.3 Å². The third-order valence-corrected chi connectivity index (χ3v) is 4.08. The van der Waals surface area contributed by atoms with Crippen LogP contribution in [0.25, 0.3) is 0 Å². The van der Waals surface area contributed by atoms with E-state index in [0.717, 1.165) is 0 Å². The third kappa shape index (κ3) is 3.02. The first-order chi connectivity index (χ1) is 11.9. The molecule has 0 aliphatic carbocycles. The average Bonchev–Trinajstić information content (AvgIpc) is 2.56. The Bertz CT molecular complexity index is 838. The lowest BCUT2D eigenvalue weighted by Gasteiger charge is -2.27. The fraction of sp³-hybridized carbons (Fsp3) is 0.353. The molecule has 0 fully saturated rings. The number of carbonyl (C=O) groups excluding carboxylic acids is 1. The molecule has 8 heteroatoms. The summed E-state index contributed by atoms with van der Waals surface area (Å²) in [5.41, 5.74) is 13.3. The molecule has 8 nitrogen and oxygen atoms in total. The Labute approximate surface area is 145 Å². The zero-order valence-electron chi connectivity index (χ0n) is 14.3. The van der Waals surface area contributed by atoms with Gasteiger partial charge in [0.05, 0.1) is 19.8 Å². The maximum absolute atomic E-state index is 12.7. The second-order valence-electron chi connectivity index (χ2n) is 5.85. The molecule has 2 aromatic rings. The van der Waals surface area contributed by atoms with Gasteiger partial charge in [0.15, 0.2) is 17.3 Å². The highest BCUT2D eigenvalue weighted by Crippen LogP contribution is 2.45. The Kier molecular flexibility index (Phi) is 4.35. The topological polar surface area (TPSA) is 123 Å². The number of fused-ring (bicyclic) bond motifs is 1. The van der Waals surface area contributed by atoms with Crippen LogP contribution in [-0.2, 0) is 6.42 Å². The molecule has 1 aliphatic rings. The van der Waals surface area contributed by atoms with Gasteiger partial charge >= 0.3 is 0 Å². The molecule has 0 spiro atoms. The average molecular weight is 344 g/mol. The van der Waals surface area contributed by atoms with Crippen molar-refractivity contribution in [2.75, 3.05) is 25.7 Å². The van der Waals surface area contributed by atoms with Crippen molar-refractivity contribution in [3.05, 3.63) is 29.0 Å². The van der Waals surface area contributed by atoms with Gasteiger partial charge in [0, 0.05) is 24.6 Å². The summed E-state index contributed by atoms with van der Waals surface area (Å²) in [7, 11) is 3.04. The minimum atomic E-state index is -0.237. The van der Waals surface area contributed by atoms with Gasteiger partial charge in [0.1, 0.15) is 11.9 Å². The molecular weight excluding hydrogens is 324 g/mol. The van der Waals surface area contributed by atoms with E-state index in [0.29, 0.717) is 46.8 Å². The number of nitrogens with two attached hydrogens (primary N) is 2. The molecular formula is C17H20N4O4. The van der Waals surface area contributed by atoms with Gasteiger partial charge in [-0.2, -0.15) is 4.98 Å². The summed E-state index contributed by atoms with van der Waals surface area (Å²) in [6, 6.07) is 1.75. The van der Waals surface area contributed by atoms with Crippen LogP contribution in [0.5, 0.6) is 17.2 Å². The molecule has 1 atom stereocenters. The van der Waals surface area contributed by atoms with E-state index in [1.165, 1.54) is 14.2 Å². The quantitative estimate of drug-likeness (QED) is 0.857. The number of nitrogen functional groups attached to an aromatic ring is 2. The van der Waals surface area contributed by atoms with Crippen molar-refractivity contribution in [2.24, 2.45) is 0 Å². The van der Waals surface area contributed by atoms with Gasteiger partial charge in [0.25, 0.3) is 0 Å². The van der Waals surface area contributed by atoms with Gasteiger partial charge in [-0.05, 0) is 18.6 Å². The normalized spacial score (nSPS) is 16.1. The number of ketones is 1. The van der Waals surface area contributed by atoms with Gasteiger partial charge in [-0.1, -0.05) is 0 Å². The standard InChI is InChI=1S/C17H20N4O4/c1-8-4-11(22)13-9(5-10-7-20-17(19)21-16(10)18)6-12(23-2)14(24-3)15(13)25-8/h6-8H,4-5H2,1-3H3,(H4,18,19,20,21). The molecule has 1 aromatic heterocycles. The molecule has 1 aromatic carbocycles. The Morgan fingerprint density at radius 3 is 2.68 bits per heavy atom. The second kappa shape index (κ2) is 6.46.